The number of primary amides is 1. The first kappa shape index (κ1) is 8.04. The summed E-state index contributed by atoms with van der Waals surface area (Å²) in [6.07, 6.45) is 0.557. The number of carbonyl (C=O) groups excluding carboxylic acids is 2. The highest BCUT2D eigenvalue weighted by Crippen LogP contribution is 2.46. The van der Waals surface area contributed by atoms with Gasteiger partial charge in [0.05, 0.1) is 0 Å². The summed E-state index contributed by atoms with van der Waals surface area (Å²) in [5, 5.41) is 0. The number of amides is 1. The highest BCUT2D eigenvalue weighted by Gasteiger charge is 2.60. The predicted molar refractivity (Wildman–Crippen MR) is 37.5 cm³/mol. The van der Waals surface area contributed by atoms with Crippen molar-refractivity contribution in [2.24, 2.45) is 11.7 Å². The third kappa shape index (κ3) is 1.20. The fraction of sp³-hybridized carbons (Fsp3) is 0.714. The van der Waals surface area contributed by atoms with Crippen molar-refractivity contribution in [3.63, 3.8) is 0 Å². The van der Waals surface area contributed by atoms with Gasteiger partial charge in [-0.2, -0.15) is 0 Å². The average Bonchev–Trinajstić information content (AvgIpc) is 2.41. The zero-order valence-electron chi connectivity index (χ0n) is 6.59. The number of carbonyl (C=O) groups is 2. The molecule has 1 aliphatic rings. The first-order valence-electron chi connectivity index (χ1n) is 3.48. The van der Waals surface area contributed by atoms with Crippen LogP contribution < -0.4 is 5.73 Å². The third-order valence-corrected chi connectivity index (χ3v) is 1.99. The van der Waals surface area contributed by atoms with Gasteiger partial charge in [0.1, 0.15) is 0 Å². The zero-order valence-corrected chi connectivity index (χ0v) is 6.59. The molecule has 1 amide bonds. The van der Waals surface area contributed by atoms with Gasteiger partial charge in [0, 0.05) is 19.3 Å². The average molecular weight is 157 g/mol. The van der Waals surface area contributed by atoms with Gasteiger partial charge in [-0.3, -0.25) is 9.59 Å². The molecule has 2 N–H and O–H groups in total. The molecule has 0 spiro atoms. The molecule has 0 aromatic heterocycles. The molecule has 0 heterocycles. The van der Waals surface area contributed by atoms with Gasteiger partial charge in [-0.25, -0.2) is 0 Å². The largest absolute Gasteiger partial charge is 0.449 e. The molecule has 1 aliphatic carbocycles. The third-order valence-electron chi connectivity index (χ3n) is 1.99. The Bertz CT molecular complexity index is 214. The quantitative estimate of drug-likeness (QED) is 0.565. The Morgan fingerprint density at radius 2 is 2.09 bits per heavy atom. The lowest BCUT2D eigenvalue weighted by atomic mass is 10.2. The van der Waals surface area contributed by atoms with Crippen LogP contribution in [0.1, 0.15) is 20.3 Å². The van der Waals surface area contributed by atoms with E-state index in [-0.39, 0.29) is 5.92 Å². The van der Waals surface area contributed by atoms with Gasteiger partial charge in [-0.1, -0.05) is 6.92 Å². The van der Waals surface area contributed by atoms with E-state index in [0.29, 0.717) is 6.42 Å². The summed E-state index contributed by atoms with van der Waals surface area (Å²) >= 11 is 0. The van der Waals surface area contributed by atoms with Crippen molar-refractivity contribution in [1.82, 2.24) is 0 Å². The molecule has 2 atom stereocenters. The molecule has 0 unspecified atom stereocenters. The topological polar surface area (TPSA) is 69.4 Å². The normalized spacial score (nSPS) is 34.5. The maximum atomic E-state index is 10.8. The van der Waals surface area contributed by atoms with Crippen LogP contribution in [0.15, 0.2) is 0 Å². The lowest BCUT2D eigenvalue weighted by Gasteiger charge is -2.11. The standard InChI is InChI=1S/C7H11NO3/c1-4-3-7(4,6(8)10)11-5(2)9/h4H,3H2,1-2H3,(H2,8,10)/t4-,7+/m1/s1. The first-order chi connectivity index (χ1) is 4.99. The summed E-state index contributed by atoms with van der Waals surface area (Å²) in [6.45, 7) is 3.10. The molecule has 1 rings (SSSR count). The number of nitrogens with two attached hydrogens (primary N) is 1. The summed E-state index contributed by atoms with van der Waals surface area (Å²) in [5.74, 6) is -0.919. The summed E-state index contributed by atoms with van der Waals surface area (Å²) in [6, 6.07) is 0. The Hall–Kier alpha value is -1.06. The van der Waals surface area contributed by atoms with Crippen molar-refractivity contribution in [3.8, 4) is 0 Å². The van der Waals surface area contributed by atoms with Crippen molar-refractivity contribution in [1.29, 1.82) is 0 Å². The molecule has 1 saturated carbocycles. The molecule has 11 heavy (non-hydrogen) atoms. The molecule has 0 aromatic carbocycles. The van der Waals surface area contributed by atoms with Crippen molar-refractivity contribution in [2.45, 2.75) is 25.9 Å². The SMILES string of the molecule is CC(=O)O[C@@]1(C(N)=O)C[C@H]1C. The summed E-state index contributed by atoms with van der Waals surface area (Å²) in [4.78, 5) is 21.3. The molecular formula is C7H11NO3. The Balaban J connectivity index is 2.65. The van der Waals surface area contributed by atoms with Crippen LogP contribution in [0.25, 0.3) is 0 Å². The van der Waals surface area contributed by atoms with Gasteiger partial charge in [0.2, 0.25) is 0 Å². The molecule has 0 bridgehead atoms. The van der Waals surface area contributed by atoms with E-state index in [2.05, 4.69) is 0 Å². The van der Waals surface area contributed by atoms with Crippen molar-refractivity contribution in [3.05, 3.63) is 0 Å². The van der Waals surface area contributed by atoms with Crippen molar-refractivity contribution in [2.75, 3.05) is 0 Å². The van der Waals surface area contributed by atoms with E-state index in [1.165, 1.54) is 6.92 Å². The molecule has 0 aromatic rings. The molecule has 0 aliphatic heterocycles. The Morgan fingerprint density at radius 3 is 2.18 bits per heavy atom. The van der Waals surface area contributed by atoms with E-state index in [1.807, 2.05) is 6.92 Å². The lowest BCUT2D eigenvalue weighted by Crippen LogP contribution is -2.36. The van der Waals surface area contributed by atoms with Gasteiger partial charge in [-0.05, 0) is 0 Å². The first-order valence-corrected chi connectivity index (χ1v) is 3.48. The molecule has 4 nitrogen and oxygen atoms in total. The van der Waals surface area contributed by atoms with Crippen LogP contribution in [-0.2, 0) is 14.3 Å². The van der Waals surface area contributed by atoms with Crippen LogP contribution >= 0.6 is 0 Å². The predicted octanol–water partition coefficient (Wildman–Crippen LogP) is -0.187. The number of hydrogen-bond donors (Lipinski definition) is 1. The number of rotatable bonds is 2. The highest BCUT2D eigenvalue weighted by molar-refractivity contribution is 5.89. The maximum Gasteiger partial charge on any atom is 0.303 e. The summed E-state index contributed by atoms with van der Waals surface area (Å²) in [7, 11) is 0. The van der Waals surface area contributed by atoms with E-state index in [4.69, 9.17) is 10.5 Å². The molecule has 62 valence electrons. The number of hydrogen-bond acceptors (Lipinski definition) is 3. The van der Waals surface area contributed by atoms with Gasteiger partial charge in [0.15, 0.2) is 5.60 Å². The fourth-order valence-corrected chi connectivity index (χ4v) is 1.19. The van der Waals surface area contributed by atoms with Crippen LogP contribution in [0, 0.1) is 5.92 Å². The number of esters is 1. The van der Waals surface area contributed by atoms with Crippen LogP contribution in [0.4, 0.5) is 0 Å². The summed E-state index contributed by atoms with van der Waals surface area (Å²) in [5.41, 5.74) is 4.07. The monoisotopic (exact) mass is 157 g/mol. The van der Waals surface area contributed by atoms with Gasteiger partial charge >= 0.3 is 5.97 Å². The minimum atomic E-state index is -0.980. The Kier molecular flexibility index (Phi) is 1.62. The van der Waals surface area contributed by atoms with Gasteiger partial charge in [0.25, 0.3) is 5.91 Å². The van der Waals surface area contributed by atoms with E-state index in [0.717, 1.165) is 0 Å². The maximum absolute atomic E-state index is 10.8. The van der Waals surface area contributed by atoms with Gasteiger partial charge in [-0.15, -0.1) is 0 Å². The number of ether oxygens (including phenoxy) is 1. The van der Waals surface area contributed by atoms with E-state index in [9.17, 15) is 9.59 Å². The molecular weight excluding hydrogens is 146 g/mol. The lowest BCUT2D eigenvalue weighted by molar-refractivity contribution is -0.156. The van der Waals surface area contributed by atoms with Crippen LogP contribution in [-0.4, -0.2) is 17.5 Å². The molecule has 4 heteroatoms. The zero-order chi connectivity index (χ0) is 8.65. The molecule has 0 radical (unpaired) electrons. The second kappa shape index (κ2) is 2.22. The summed E-state index contributed by atoms with van der Waals surface area (Å²) < 4.78 is 4.81. The van der Waals surface area contributed by atoms with Crippen LogP contribution in [0.2, 0.25) is 0 Å². The Morgan fingerprint density at radius 1 is 1.64 bits per heavy atom. The van der Waals surface area contributed by atoms with Crippen molar-refractivity contribution < 1.29 is 14.3 Å². The minimum Gasteiger partial charge on any atom is -0.449 e. The van der Waals surface area contributed by atoms with Gasteiger partial charge < -0.3 is 10.5 Å². The van der Waals surface area contributed by atoms with E-state index in [1.54, 1.807) is 0 Å². The fourth-order valence-electron chi connectivity index (χ4n) is 1.19. The van der Waals surface area contributed by atoms with E-state index >= 15 is 0 Å². The second-order valence-corrected chi connectivity index (χ2v) is 2.95. The second-order valence-electron chi connectivity index (χ2n) is 2.95. The highest BCUT2D eigenvalue weighted by atomic mass is 16.6. The Labute approximate surface area is 64.7 Å². The van der Waals surface area contributed by atoms with Crippen molar-refractivity contribution >= 4 is 11.9 Å². The van der Waals surface area contributed by atoms with Crippen LogP contribution in [0.5, 0.6) is 0 Å². The minimum absolute atomic E-state index is 0.0731. The van der Waals surface area contributed by atoms with E-state index < -0.39 is 17.5 Å². The smallest absolute Gasteiger partial charge is 0.303 e. The van der Waals surface area contributed by atoms with Crippen LogP contribution in [0.3, 0.4) is 0 Å². The molecule has 0 saturated heterocycles. The molecule has 1 fully saturated rings.